The molecule has 2 heterocycles. The van der Waals surface area contributed by atoms with Crippen LogP contribution in [0.4, 0.5) is 4.39 Å². The van der Waals surface area contributed by atoms with Crippen molar-refractivity contribution in [2.45, 2.75) is 42.9 Å². The van der Waals surface area contributed by atoms with Gasteiger partial charge in [-0.2, -0.15) is 0 Å². The lowest BCUT2D eigenvalue weighted by molar-refractivity contribution is -0.116. The molecule has 0 unspecified atom stereocenters. The van der Waals surface area contributed by atoms with Crippen LogP contribution < -0.4 is 5.32 Å². The molecule has 1 aromatic carbocycles. The molecule has 0 fully saturated rings. The number of hydrogen-bond donors (Lipinski definition) is 1. The van der Waals surface area contributed by atoms with Crippen LogP contribution in [0.2, 0.25) is 0 Å². The highest BCUT2D eigenvalue weighted by Crippen LogP contribution is 2.32. The molecule has 5 nitrogen and oxygen atoms in total. The first kappa shape index (κ1) is 20.1. The number of aromatic nitrogens is 3. The van der Waals surface area contributed by atoms with Gasteiger partial charge >= 0.3 is 0 Å². The number of nitrogens with one attached hydrogen (secondary N) is 1. The van der Waals surface area contributed by atoms with Gasteiger partial charge in [0, 0.05) is 34.0 Å². The predicted molar refractivity (Wildman–Crippen MR) is 110 cm³/mol. The lowest BCUT2D eigenvalue weighted by atomic mass is 9.96. The number of halogens is 1. The Labute approximate surface area is 168 Å². The first-order valence-corrected chi connectivity index (χ1v) is 9.88. The molecular formula is C21H23FN4OS. The average Bonchev–Trinajstić information content (AvgIpc) is 3.05. The molecule has 3 rings (SSSR count). The van der Waals surface area contributed by atoms with Crippen molar-refractivity contribution in [2.75, 3.05) is 6.54 Å². The van der Waals surface area contributed by atoms with Crippen molar-refractivity contribution >= 4 is 29.4 Å². The Morgan fingerprint density at radius 1 is 1.25 bits per heavy atom. The minimum absolute atomic E-state index is 0.140. The number of amides is 1. The molecule has 0 aliphatic heterocycles. The molecule has 2 aromatic heterocycles. The molecule has 28 heavy (non-hydrogen) atoms. The number of hydrogen-bond acceptors (Lipinski definition) is 4. The maximum atomic E-state index is 13.7. The maximum absolute atomic E-state index is 13.7. The fourth-order valence-corrected chi connectivity index (χ4v) is 3.64. The largest absolute Gasteiger partial charge is 0.353 e. The Hall–Kier alpha value is -2.67. The number of likely N-dealkylation sites (N-methyl/N-ethyl adjacent to an activating group) is 1. The average molecular weight is 399 g/mol. The minimum atomic E-state index is -0.343. The van der Waals surface area contributed by atoms with Gasteiger partial charge in [-0.25, -0.2) is 4.39 Å². The summed E-state index contributed by atoms with van der Waals surface area (Å²) in [4.78, 5) is 13.5. The SMILES string of the molecule is CCNC(=O)C=Cc1cc(F)ccc1Sc1ccc2nnc(C(C)(C)C)n2c1. The van der Waals surface area contributed by atoms with E-state index < -0.39 is 0 Å². The Bertz CT molecular complexity index is 1040. The third kappa shape index (κ3) is 4.59. The van der Waals surface area contributed by atoms with Gasteiger partial charge in [0.2, 0.25) is 5.91 Å². The van der Waals surface area contributed by atoms with Crippen LogP contribution in [0.15, 0.2) is 52.4 Å². The van der Waals surface area contributed by atoms with Crippen LogP contribution in [0.25, 0.3) is 11.7 Å². The summed E-state index contributed by atoms with van der Waals surface area (Å²) < 4.78 is 15.7. The minimum Gasteiger partial charge on any atom is -0.353 e. The molecule has 0 aliphatic carbocycles. The molecule has 0 bridgehead atoms. The summed E-state index contributed by atoms with van der Waals surface area (Å²) >= 11 is 1.50. The number of benzene rings is 1. The van der Waals surface area contributed by atoms with Gasteiger partial charge in [0.1, 0.15) is 11.6 Å². The van der Waals surface area contributed by atoms with Crippen LogP contribution in [0.5, 0.6) is 0 Å². The highest BCUT2D eigenvalue weighted by molar-refractivity contribution is 7.99. The van der Waals surface area contributed by atoms with Gasteiger partial charge in [0.05, 0.1) is 0 Å². The van der Waals surface area contributed by atoms with E-state index in [2.05, 4.69) is 36.3 Å². The van der Waals surface area contributed by atoms with Crippen molar-refractivity contribution in [1.29, 1.82) is 0 Å². The molecule has 0 saturated heterocycles. The summed E-state index contributed by atoms with van der Waals surface area (Å²) in [6.45, 7) is 8.67. The van der Waals surface area contributed by atoms with E-state index in [-0.39, 0.29) is 17.1 Å². The quantitative estimate of drug-likeness (QED) is 0.645. The number of rotatable bonds is 5. The Morgan fingerprint density at radius 2 is 2.04 bits per heavy atom. The second kappa shape index (κ2) is 8.14. The highest BCUT2D eigenvalue weighted by atomic mass is 32.2. The van der Waals surface area contributed by atoms with Crippen molar-refractivity contribution in [2.24, 2.45) is 0 Å². The van der Waals surface area contributed by atoms with Crippen molar-refractivity contribution < 1.29 is 9.18 Å². The second-order valence-electron chi connectivity index (χ2n) is 7.38. The highest BCUT2D eigenvalue weighted by Gasteiger charge is 2.21. The first-order chi connectivity index (χ1) is 13.3. The van der Waals surface area contributed by atoms with E-state index in [0.29, 0.717) is 12.1 Å². The number of carbonyl (C=O) groups is 1. The monoisotopic (exact) mass is 398 g/mol. The number of nitrogens with zero attached hydrogens (tertiary/aromatic N) is 3. The molecule has 0 atom stereocenters. The van der Waals surface area contributed by atoms with Gasteiger partial charge in [-0.15, -0.1) is 10.2 Å². The zero-order chi connectivity index (χ0) is 20.3. The smallest absolute Gasteiger partial charge is 0.243 e. The third-order valence-electron chi connectivity index (χ3n) is 4.01. The van der Waals surface area contributed by atoms with E-state index in [0.717, 1.165) is 21.3 Å². The van der Waals surface area contributed by atoms with Gasteiger partial charge in [-0.3, -0.25) is 9.20 Å². The van der Waals surface area contributed by atoms with E-state index in [4.69, 9.17) is 0 Å². The number of fused-ring (bicyclic) bond motifs is 1. The summed E-state index contributed by atoms with van der Waals surface area (Å²) in [6, 6.07) is 8.44. The van der Waals surface area contributed by atoms with Crippen LogP contribution >= 0.6 is 11.8 Å². The first-order valence-electron chi connectivity index (χ1n) is 9.06. The lowest BCUT2D eigenvalue weighted by Crippen LogP contribution is -2.19. The molecule has 0 aliphatic rings. The van der Waals surface area contributed by atoms with Crippen LogP contribution in [-0.4, -0.2) is 27.0 Å². The van der Waals surface area contributed by atoms with Crippen LogP contribution in [0.3, 0.4) is 0 Å². The van der Waals surface area contributed by atoms with Crippen molar-refractivity contribution in [1.82, 2.24) is 19.9 Å². The molecular weight excluding hydrogens is 375 g/mol. The maximum Gasteiger partial charge on any atom is 0.243 e. The normalized spacial score (nSPS) is 12.0. The standard InChI is InChI=1S/C21H23FN4OS/c1-5-23-19(27)11-6-14-12-15(22)7-9-17(14)28-16-8-10-18-24-25-20(21(2,3)4)26(18)13-16/h6-13H,5H2,1-4H3,(H,23,27). The van der Waals surface area contributed by atoms with Gasteiger partial charge in [-0.05, 0) is 48.9 Å². The van der Waals surface area contributed by atoms with Gasteiger partial charge in [0.25, 0.3) is 0 Å². The van der Waals surface area contributed by atoms with Crippen LogP contribution in [-0.2, 0) is 10.2 Å². The van der Waals surface area contributed by atoms with E-state index in [1.807, 2.05) is 29.7 Å². The third-order valence-corrected chi connectivity index (χ3v) is 5.08. The summed E-state index contributed by atoms with van der Waals surface area (Å²) in [6.07, 6.45) is 5.04. The number of carbonyl (C=O) groups excluding carboxylic acids is 1. The zero-order valence-corrected chi connectivity index (χ0v) is 17.2. The van der Waals surface area contributed by atoms with Gasteiger partial charge < -0.3 is 5.32 Å². The fraction of sp³-hybridized carbons (Fsp3) is 0.286. The topological polar surface area (TPSA) is 59.3 Å². The lowest BCUT2D eigenvalue weighted by Gasteiger charge is -2.16. The molecule has 1 amide bonds. The Kier molecular flexibility index (Phi) is 5.84. The van der Waals surface area contributed by atoms with E-state index in [1.165, 1.54) is 30.0 Å². The Balaban J connectivity index is 1.94. The van der Waals surface area contributed by atoms with E-state index in [1.54, 1.807) is 12.1 Å². The van der Waals surface area contributed by atoms with E-state index >= 15 is 0 Å². The van der Waals surface area contributed by atoms with Gasteiger partial charge in [0.15, 0.2) is 5.65 Å². The van der Waals surface area contributed by atoms with Crippen LogP contribution in [0.1, 0.15) is 39.1 Å². The molecule has 3 aromatic rings. The van der Waals surface area contributed by atoms with Crippen molar-refractivity contribution in [3.63, 3.8) is 0 Å². The summed E-state index contributed by atoms with van der Waals surface area (Å²) in [5.74, 6) is 0.327. The summed E-state index contributed by atoms with van der Waals surface area (Å²) in [5.41, 5.74) is 1.29. The van der Waals surface area contributed by atoms with Crippen LogP contribution in [0, 0.1) is 5.82 Å². The molecule has 0 saturated carbocycles. The van der Waals surface area contributed by atoms with Crippen molar-refractivity contribution in [3.05, 3.63) is 59.8 Å². The molecule has 1 N–H and O–H groups in total. The zero-order valence-electron chi connectivity index (χ0n) is 16.4. The molecule has 0 radical (unpaired) electrons. The second-order valence-corrected chi connectivity index (χ2v) is 8.49. The van der Waals surface area contributed by atoms with Crippen molar-refractivity contribution in [3.8, 4) is 0 Å². The molecule has 0 spiro atoms. The molecule has 146 valence electrons. The molecule has 7 heteroatoms. The van der Waals surface area contributed by atoms with E-state index in [9.17, 15) is 9.18 Å². The summed E-state index contributed by atoms with van der Waals surface area (Å²) in [5, 5.41) is 11.2. The predicted octanol–water partition coefficient (Wildman–Crippen LogP) is 4.47. The van der Waals surface area contributed by atoms with Gasteiger partial charge in [-0.1, -0.05) is 32.5 Å². The fourth-order valence-electron chi connectivity index (χ4n) is 2.71. The Morgan fingerprint density at radius 3 is 2.75 bits per heavy atom. The number of pyridine rings is 1. The summed E-state index contributed by atoms with van der Waals surface area (Å²) in [7, 11) is 0.